The normalized spacial score (nSPS) is 30.9. The quantitative estimate of drug-likeness (QED) is 0.790. The highest BCUT2D eigenvalue weighted by Gasteiger charge is 2.53. The van der Waals surface area contributed by atoms with Crippen LogP contribution in [-0.2, 0) is 19.6 Å². The number of hydrogen-bond acceptors (Lipinski definition) is 4. The number of ether oxygens (including phenoxy) is 1. The van der Waals surface area contributed by atoms with Gasteiger partial charge in [-0.1, -0.05) is 11.6 Å². The van der Waals surface area contributed by atoms with Gasteiger partial charge in [0.05, 0.1) is 23.6 Å². The summed E-state index contributed by atoms with van der Waals surface area (Å²) in [6.45, 7) is 1.21. The van der Waals surface area contributed by atoms with E-state index < -0.39 is 10.0 Å². The molecule has 3 heterocycles. The number of likely N-dealkylation sites (tertiary alicyclic amines) is 1. The lowest BCUT2D eigenvalue weighted by molar-refractivity contribution is -0.130. The van der Waals surface area contributed by atoms with Crippen LogP contribution in [0.15, 0.2) is 29.2 Å². The number of carbonyl (C=O) groups is 1. The molecule has 1 aromatic rings. The molecule has 2 bridgehead atoms. The van der Waals surface area contributed by atoms with Gasteiger partial charge in [-0.3, -0.25) is 4.79 Å². The number of carbonyl (C=O) groups excluding carboxylic acids is 1. The van der Waals surface area contributed by atoms with Gasteiger partial charge in [-0.2, -0.15) is 4.31 Å². The summed E-state index contributed by atoms with van der Waals surface area (Å²) in [5.41, 5.74) is 0. The molecule has 4 rings (SSSR count). The molecule has 3 aliphatic rings. The summed E-state index contributed by atoms with van der Waals surface area (Å²) in [6.07, 6.45) is 2.73. The van der Waals surface area contributed by atoms with E-state index in [2.05, 4.69) is 0 Å². The first-order valence-electron chi connectivity index (χ1n) is 8.51. The van der Waals surface area contributed by atoms with Crippen LogP contribution in [0.3, 0.4) is 0 Å². The SMILES string of the molecule is CN(CC(=O)N1CC2C3CCC(O3)C2C1)S(=O)(=O)c1ccc(Cl)cc1. The second-order valence-electron chi connectivity index (χ2n) is 7.13. The van der Waals surface area contributed by atoms with E-state index in [0.717, 1.165) is 17.1 Å². The average Bonchev–Trinajstić information content (AvgIpc) is 3.28. The zero-order chi connectivity index (χ0) is 17.8. The zero-order valence-corrected chi connectivity index (χ0v) is 15.5. The molecule has 1 aromatic carbocycles. The highest BCUT2D eigenvalue weighted by Crippen LogP contribution is 2.47. The molecule has 25 heavy (non-hydrogen) atoms. The topological polar surface area (TPSA) is 66.9 Å². The minimum absolute atomic E-state index is 0.136. The summed E-state index contributed by atoms with van der Waals surface area (Å²) in [5, 5.41) is 0.470. The van der Waals surface area contributed by atoms with E-state index in [-0.39, 0.29) is 29.6 Å². The minimum atomic E-state index is -3.71. The molecular weight excluding hydrogens is 364 g/mol. The van der Waals surface area contributed by atoms with Crippen molar-refractivity contribution in [3.05, 3.63) is 29.3 Å². The Morgan fingerprint density at radius 3 is 2.32 bits per heavy atom. The third-order valence-electron chi connectivity index (χ3n) is 5.69. The van der Waals surface area contributed by atoms with Gasteiger partial charge in [-0.15, -0.1) is 0 Å². The van der Waals surface area contributed by atoms with Gasteiger partial charge < -0.3 is 9.64 Å². The molecule has 4 atom stereocenters. The molecule has 136 valence electrons. The number of likely N-dealkylation sites (N-methyl/N-ethyl adjacent to an activating group) is 1. The molecule has 6 nitrogen and oxygen atoms in total. The van der Waals surface area contributed by atoms with Crippen molar-refractivity contribution in [3.63, 3.8) is 0 Å². The second kappa shape index (κ2) is 6.23. The number of nitrogens with zero attached hydrogens (tertiary/aromatic N) is 2. The number of rotatable bonds is 4. The lowest BCUT2D eigenvalue weighted by Gasteiger charge is -2.23. The Labute approximate surface area is 152 Å². The molecule has 0 radical (unpaired) electrons. The number of fused-ring (bicyclic) bond motifs is 5. The van der Waals surface area contributed by atoms with Crippen LogP contribution in [0, 0.1) is 11.8 Å². The monoisotopic (exact) mass is 384 g/mol. The molecule has 3 aliphatic heterocycles. The Morgan fingerprint density at radius 1 is 1.20 bits per heavy atom. The van der Waals surface area contributed by atoms with E-state index in [0.29, 0.717) is 29.9 Å². The lowest BCUT2D eigenvalue weighted by Crippen LogP contribution is -2.41. The maximum absolute atomic E-state index is 12.6. The van der Waals surface area contributed by atoms with Crippen molar-refractivity contribution in [1.29, 1.82) is 0 Å². The third-order valence-corrected chi connectivity index (χ3v) is 7.75. The molecular formula is C17H21ClN2O4S. The van der Waals surface area contributed by atoms with Crippen LogP contribution < -0.4 is 0 Å². The fourth-order valence-corrected chi connectivity index (χ4v) is 5.57. The first kappa shape index (κ1) is 17.3. The highest BCUT2D eigenvalue weighted by molar-refractivity contribution is 7.89. The van der Waals surface area contributed by atoms with Crippen LogP contribution in [0.2, 0.25) is 5.02 Å². The van der Waals surface area contributed by atoms with Crippen molar-refractivity contribution < 1.29 is 17.9 Å². The van der Waals surface area contributed by atoms with Crippen molar-refractivity contribution in [2.45, 2.75) is 29.9 Å². The molecule has 4 unspecified atom stereocenters. The van der Waals surface area contributed by atoms with Crippen molar-refractivity contribution >= 4 is 27.5 Å². The average molecular weight is 385 g/mol. The molecule has 0 aliphatic carbocycles. The van der Waals surface area contributed by atoms with Crippen LogP contribution in [0.4, 0.5) is 0 Å². The van der Waals surface area contributed by atoms with Crippen LogP contribution in [0.1, 0.15) is 12.8 Å². The molecule has 0 saturated carbocycles. The first-order chi connectivity index (χ1) is 11.9. The maximum Gasteiger partial charge on any atom is 0.243 e. The van der Waals surface area contributed by atoms with Gasteiger partial charge >= 0.3 is 0 Å². The van der Waals surface area contributed by atoms with E-state index >= 15 is 0 Å². The predicted molar refractivity (Wildman–Crippen MR) is 92.7 cm³/mol. The Hall–Kier alpha value is -1.15. The van der Waals surface area contributed by atoms with Crippen LogP contribution in [-0.4, -0.2) is 62.4 Å². The Bertz CT molecular complexity index is 764. The van der Waals surface area contributed by atoms with Crippen molar-refractivity contribution in [2.75, 3.05) is 26.7 Å². The fourth-order valence-electron chi connectivity index (χ4n) is 4.33. The molecule has 1 amide bonds. The van der Waals surface area contributed by atoms with E-state index in [4.69, 9.17) is 16.3 Å². The van der Waals surface area contributed by atoms with Crippen LogP contribution in [0.5, 0.6) is 0 Å². The predicted octanol–water partition coefficient (Wildman–Crippen LogP) is 1.60. The highest BCUT2D eigenvalue weighted by atomic mass is 35.5. The van der Waals surface area contributed by atoms with Gasteiger partial charge in [0.1, 0.15) is 0 Å². The Kier molecular flexibility index (Phi) is 4.30. The minimum Gasteiger partial charge on any atom is -0.374 e. The summed E-state index contributed by atoms with van der Waals surface area (Å²) >= 11 is 5.81. The fraction of sp³-hybridized carbons (Fsp3) is 0.588. The summed E-state index contributed by atoms with van der Waals surface area (Å²) < 4.78 is 32.2. The number of benzene rings is 1. The molecule has 8 heteroatoms. The molecule has 0 N–H and O–H groups in total. The van der Waals surface area contributed by atoms with Crippen LogP contribution in [0.25, 0.3) is 0 Å². The summed E-state index contributed by atoms with van der Waals surface area (Å²) in [7, 11) is -2.27. The van der Waals surface area contributed by atoms with E-state index in [1.165, 1.54) is 31.3 Å². The summed E-state index contributed by atoms with van der Waals surface area (Å²) in [4.78, 5) is 14.5. The van der Waals surface area contributed by atoms with Crippen molar-refractivity contribution in [1.82, 2.24) is 9.21 Å². The molecule has 3 fully saturated rings. The first-order valence-corrected chi connectivity index (χ1v) is 10.3. The third kappa shape index (κ3) is 2.97. The standard InChI is InChI=1S/C17H21ClN2O4S/c1-19(25(22,23)12-4-2-11(18)3-5-12)10-17(21)20-8-13-14(9-20)16-7-6-15(13)24-16/h2-5,13-16H,6-10H2,1H3. The van der Waals surface area contributed by atoms with Gasteiger partial charge in [0.25, 0.3) is 0 Å². The lowest BCUT2D eigenvalue weighted by atomic mass is 9.82. The Balaban J connectivity index is 1.41. The summed E-state index contributed by atoms with van der Waals surface area (Å²) in [5.74, 6) is 0.690. The van der Waals surface area contributed by atoms with E-state index in [1.54, 1.807) is 4.90 Å². The second-order valence-corrected chi connectivity index (χ2v) is 9.61. The Morgan fingerprint density at radius 2 is 1.76 bits per heavy atom. The maximum atomic E-state index is 12.6. The zero-order valence-electron chi connectivity index (χ0n) is 14.0. The molecule has 0 aromatic heterocycles. The van der Waals surface area contributed by atoms with Gasteiger partial charge in [0.2, 0.25) is 15.9 Å². The van der Waals surface area contributed by atoms with Gasteiger partial charge in [-0.25, -0.2) is 8.42 Å². The van der Waals surface area contributed by atoms with E-state index in [1.807, 2.05) is 0 Å². The number of hydrogen-bond donors (Lipinski definition) is 0. The van der Waals surface area contributed by atoms with E-state index in [9.17, 15) is 13.2 Å². The van der Waals surface area contributed by atoms with Gasteiger partial charge in [0.15, 0.2) is 0 Å². The number of sulfonamides is 1. The van der Waals surface area contributed by atoms with Crippen LogP contribution >= 0.6 is 11.6 Å². The number of amides is 1. The number of halogens is 1. The smallest absolute Gasteiger partial charge is 0.243 e. The molecule has 0 spiro atoms. The van der Waals surface area contributed by atoms with Gasteiger partial charge in [-0.05, 0) is 37.1 Å². The largest absolute Gasteiger partial charge is 0.374 e. The van der Waals surface area contributed by atoms with Crippen molar-refractivity contribution in [2.24, 2.45) is 11.8 Å². The molecule has 3 saturated heterocycles. The summed E-state index contributed by atoms with van der Waals surface area (Å²) in [6, 6.07) is 5.96. The van der Waals surface area contributed by atoms with Crippen molar-refractivity contribution in [3.8, 4) is 0 Å². The van der Waals surface area contributed by atoms with Gasteiger partial charge in [0, 0.05) is 37.0 Å².